The maximum absolute atomic E-state index is 10.7. The fourth-order valence-electron chi connectivity index (χ4n) is 1.15. The average Bonchev–Trinajstić information content (AvgIpc) is 2.04. The van der Waals surface area contributed by atoms with Gasteiger partial charge < -0.3 is 4.74 Å². The Bertz CT molecular complexity index is 292. The van der Waals surface area contributed by atoms with Gasteiger partial charge in [-0.2, -0.15) is 0 Å². The van der Waals surface area contributed by atoms with Crippen molar-refractivity contribution in [3.05, 3.63) is 29.8 Å². The molecule has 1 aromatic rings. The second-order valence-electron chi connectivity index (χ2n) is 3.16. The molecule has 0 fully saturated rings. The fourth-order valence-corrected chi connectivity index (χ4v) is 1.49. The van der Waals surface area contributed by atoms with E-state index in [0.717, 1.165) is 15.8 Å². The molecule has 3 heteroatoms. The van der Waals surface area contributed by atoms with Gasteiger partial charge in [0.15, 0.2) is 0 Å². The fraction of sp³-hybridized carbons (Fsp3) is 0.300. The topological polar surface area (TPSA) is 26.3 Å². The smallest absolute Gasteiger partial charge is 0.303 e. The number of benzene rings is 1. The number of hydrogen-bond donors (Lipinski definition) is 0. The van der Waals surface area contributed by atoms with Crippen LogP contribution < -0.4 is 5.19 Å². The molecule has 0 heterocycles. The molecule has 1 rings (SSSR count). The molecule has 0 aliphatic carbocycles. The summed E-state index contributed by atoms with van der Waals surface area (Å²) >= 11 is 0. The summed E-state index contributed by atoms with van der Waals surface area (Å²) in [5, 5.41) is 1.35. The summed E-state index contributed by atoms with van der Waals surface area (Å²) in [7, 11) is 1.06. The molecule has 13 heavy (non-hydrogen) atoms. The van der Waals surface area contributed by atoms with Crippen molar-refractivity contribution in [1.29, 1.82) is 0 Å². The Morgan fingerprint density at radius 3 is 2.38 bits per heavy atom. The summed E-state index contributed by atoms with van der Waals surface area (Å²) in [6, 6.07) is 8.16. The molecule has 0 radical (unpaired) electrons. The lowest BCUT2D eigenvalue weighted by Crippen LogP contribution is -2.07. The van der Waals surface area contributed by atoms with Crippen molar-refractivity contribution in [3.8, 4) is 0 Å². The molecule has 0 spiro atoms. The summed E-state index contributed by atoms with van der Waals surface area (Å²) in [6.45, 7) is 3.31. The van der Waals surface area contributed by atoms with Crippen LogP contribution in [0.15, 0.2) is 24.3 Å². The van der Waals surface area contributed by atoms with Crippen molar-refractivity contribution in [2.75, 3.05) is 0 Å². The van der Waals surface area contributed by atoms with E-state index in [-0.39, 0.29) is 12.1 Å². The lowest BCUT2D eigenvalue weighted by atomic mass is 10.1. The second-order valence-corrected chi connectivity index (χ2v) is 4.32. The molecule has 70 valence electrons. The third kappa shape index (κ3) is 3.03. The van der Waals surface area contributed by atoms with E-state index in [0.29, 0.717) is 0 Å². The Morgan fingerprint density at radius 2 is 1.92 bits per heavy atom. The highest BCUT2D eigenvalue weighted by molar-refractivity contribution is 6.32. The molecule has 1 unspecified atom stereocenters. The summed E-state index contributed by atoms with van der Waals surface area (Å²) < 4.78 is 5.05. The minimum Gasteiger partial charge on any atom is -0.458 e. The van der Waals surface area contributed by atoms with Gasteiger partial charge in [-0.1, -0.05) is 29.5 Å². The number of esters is 1. The van der Waals surface area contributed by atoms with Crippen LogP contribution in [0.2, 0.25) is 0 Å². The summed E-state index contributed by atoms with van der Waals surface area (Å²) in [6.07, 6.45) is -0.139. The van der Waals surface area contributed by atoms with Crippen molar-refractivity contribution in [1.82, 2.24) is 0 Å². The van der Waals surface area contributed by atoms with Crippen LogP contribution >= 0.6 is 0 Å². The number of hydrogen-bond acceptors (Lipinski definition) is 2. The molecule has 0 aliphatic heterocycles. The van der Waals surface area contributed by atoms with Crippen LogP contribution in [0.25, 0.3) is 0 Å². The molecule has 0 N–H and O–H groups in total. The maximum atomic E-state index is 10.7. The van der Waals surface area contributed by atoms with Gasteiger partial charge in [-0.25, -0.2) is 0 Å². The van der Waals surface area contributed by atoms with Crippen LogP contribution in [0.5, 0.6) is 0 Å². The predicted molar refractivity (Wildman–Crippen MR) is 56.2 cm³/mol. The Balaban J connectivity index is 2.71. The molecule has 0 saturated carbocycles. The van der Waals surface area contributed by atoms with Crippen molar-refractivity contribution in [2.45, 2.75) is 20.0 Å². The molecular formula is C10H14O2Si. The van der Waals surface area contributed by atoms with E-state index in [4.69, 9.17) is 4.74 Å². The van der Waals surface area contributed by atoms with E-state index in [1.807, 2.05) is 19.1 Å². The van der Waals surface area contributed by atoms with E-state index in [1.54, 1.807) is 0 Å². The molecule has 1 aromatic carbocycles. The van der Waals surface area contributed by atoms with Gasteiger partial charge in [0.25, 0.3) is 0 Å². The monoisotopic (exact) mass is 194 g/mol. The van der Waals surface area contributed by atoms with Gasteiger partial charge >= 0.3 is 5.97 Å². The van der Waals surface area contributed by atoms with Crippen molar-refractivity contribution in [2.24, 2.45) is 0 Å². The second kappa shape index (κ2) is 4.23. The molecule has 0 aromatic heterocycles. The van der Waals surface area contributed by atoms with Gasteiger partial charge in [0.1, 0.15) is 6.10 Å². The van der Waals surface area contributed by atoms with Crippen LogP contribution in [0.3, 0.4) is 0 Å². The third-order valence-corrected chi connectivity index (χ3v) is 2.56. The van der Waals surface area contributed by atoms with Gasteiger partial charge in [-0.3, -0.25) is 4.79 Å². The van der Waals surface area contributed by atoms with Gasteiger partial charge in [0.05, 0.1) is 0 Å². The van der Waals surface area contributed by atoms with Crippen LogP contribution in [0.1, 0.15) is 25.5 Å². The zero-order chi connectivity index (χ0) is 9.84. The van der Waals surface area contributed by atoms with Crippen LogP contribution in [0.4, 0.5) is 0 Å². The Morgan fingerprint density at radius 1 is 1.38 bits per heavy atom. The van der Waals surface area contributed by atoms with Gasteiger partial charge in [-0.15, -0.1) is 0 Å². The van der Waals surface area contributed by atoms with E-state index < -0.39 is 0 Å². The lowest BCUT2D eigenvalue weighted by molar-refractivity contribution is -0.145. The minimum absolute atomic E-state index is 0.139. The Labute approximate surface area is 81.3 Å². The normalized spacial score (nSPS) is 12.5. The zero-order valence-electron chi connectivity index (χ0n) is 8.20. The van der Waals surface area contributed by atoms with Crippen molar-refractivity contribution in [3.63, 3.8) is 0 Å². The Kier molecular flexibility index (Phi) is 3.25. The minimum atomic E-state index is -0.234. The van der Waals surface area contributed by atoms with Gasteiger partial charge in [-0.05, 0) is 12.5 Å². The molecule has 1 atom stereocenters. The van der Waals surface area contributed by atoms with Gasteiger partial charge in [0, 0.05) is 17.2 Å². The van der Waals surface area contributed by atoms with E-state index in [2.05, 4.69) is 12.1 Å². The number of carbonyl (C=O) groups is 1. The lowest BCUT2D eigenvalue weighted by Gasteiger charge is -2.11. The number of rotatable bonds is 2. The quantitative estimate of drug-likeness (QED) is 0.500. The first-order valence-corrected chi connectivity index (χ1v) is 5.33. The predicted octanol–water partition coefficient (Wildman–Crippen LogP) is 0.301. The first kappa shape index (κ1) is 9.99. The first-order valence-electron chi connectivity index (χ1n) is 4.33. The van der Waals surface area contributed by atoms with Crippen LogP contribution in [-0.4, -0.2) is 16.2 Å². The SMILES string of the molecule is CC(=O)OC(C)c1ccc([SiH3])cc1. The van der Waals surface area contributed by atoms with Crippen LogP contribution in [-0.2, 0) is 9.53 Å². The molecule has 0 aliphatic rings. The van der Waals surface area contributed by atoms with Crippen molar-refractivity contribution >= 4 is 21.4 Å². The largest absolute Gasteiger partial charge is 0.458 e. The highest BCUT2D eigenvalue weighted by Gasteiger charge is 2.06. The Hall–Kier alpha value is -1.09. The van der Waals surface area contributed by atoms with Gasteiger partial charge in [0.2, 0.25) is 0 Å². The molecular weight excluding hydrogens is 180 g/mol. The average molecular weight is 194 g/mol. The third-order valence-electron chi connectivity index (χ3n) is 1.89. The summed E-state index contributed by atoms with van der Waals surface area (Å²) in [5.74, 6) is -0.234. The van der Waals surface area contributed by atoms with Crippen molar-refractivity contribution < 1.29 is 9.53 Å². The highest BCUT2D eigenvalue weighted by atomic mass is 28.1. The number of ether oxygens (including phenoxy) is 1. The number of carbonyl (C=O) groups excluding carboxylic acids is 1. The maximum Gasteiger partial charge on any atom is 0.303 e. The zero-order valence-corrected chi connectivity index (χ0v) is 10.2. The molecule has 0 amide bonds. The molecule has 0 bridgehead atoms. The highest BCUT2D eigenvalue weighted by Crippen LogP contribution is 2.14. The standard InChI is InChI=1S/C10H14O2Si/c1-7(12-8(2)11)9-3-5-10(13)6-4-9/h3-7H,1-2,13H3. The van der Waals surface area contributed by atoms with E-state index in [1.165, 1.54) is 12.1 Å². The summed E-state index contributed by atoms with van der Waals surface area (Å²) in [5.41, 5.74) is 1.05. The van der Waals surface area contributed by atoms with E-state index >= 15 is 0 Å². The summed E-state index contributed by atoms with van der Waals surface area (Å²) in [4.78, 5) is 10.7. The molecule has 2 nitrogen and oxygen atoms in total. The first-order chi connectivity index (χ1) is 6.09. The van der Waals surface area contributed by atoms with Crippen LogP contribution in [0, 0.1) is 0 Å². The molecule has 0 saturated heterocycles. The van der Waals surface area contributed by atoms with E-state index in [9.17, 15) is 4.79 Å².